The minimum absolute atomic E-state index is 0.0333. The summed E-state index contributed by atoms with van der Waals surface area (Å²) in [7, 11) is 1.60. The maximum absolute atomic E-state index is 12.0. The van der Waals surface area contributed by atoms with Gasteiger partial charge in [0.25, 0.3) is 0 Å². The van der Waals surface area contributed by atoms with Gasteiger partial charge >= 0.3 is 0 Å². The van der Waals surface area contributed by atoms with E-state index < -0.39 is 0 Å². The van der Waals surface area contributed by atoms with Crippen LogP contribution in [-0.2, 0) is 9.59 Å². The highest BCUT2D eigenvalue weighted by atomic mass is 16.2. The fourth-order valence-electron chi connectivity index (χ4n) is 2.17. The van der Waals surface area contributed by atoms with Gasteiger partial charge in [-0.1, -0.05) is 17.7 Å². The van der Waals surface area contributed by atoms with Crippen molar-refractivity contribution in [3.05, 3.63) is 28.8 Å². The molecule has 0 spiro atoms. The van der Waals surface area contributed by atoms with Crippen molar-refractivity contribution in [2.45, 2.75) is 27.2 Å². The number of nitrogens with two attached hydrogens (primary N) is 1. The van der Waals surface area contributed by atoms with E-state index in [4.69, 9.17) is 5.73 Å². The van der Waals surface area contributed by atoms with Gasteiger partial charge in [0.15, 0.2) is 0 Å². The molecular formula is C15H23N3O2. The van der Waals surface area contributed by atoms with Crippen LogP contribution < -0.4 is 11.1 Å². The first-order chi connectivity index (χ1) is 9.35. The molecule has 0 aliphatic carbocycles. The zero-order valence-corrected chi connectivity index (χ0v) is 12.6. The normalized spacial score (nSPS) is 10.2. The van der Waals surface area contributed by atoms with Crippen molar-refractivity contribution < 1.29 is 9.59 Å². The second kappa shape index (κ2) is 7.05. The largest absolute Gasteiger partial charge is 0.336 e. The van der Waals surface area contributed by atoms with Gasteiger partial charge in [0.1, 0.15) is 0 Å². The summed E-state index contributed by atoms with van der Waals surface area (Å²) in [5.41, 5.74) is 9.35. The second-order valence-corrected chi connectivity index (χ2v) is 5.11. The number of hydrogen-bond donors (Lipinski definition) is 2. The molecule has 5 nitrogen and oxygen atoms in total. The number of aryl methyl sites for hydroxylation is 3. The van der Waals surface area contributed by atoms with E-state index in [1.165, 1.54) is 4.90 Å². The Bertz CT molecular complexity index is 489. The van der Waals surface area contributed by atoms with Crippen molar-refractivity contribution in [1.82, 2.24) is 4.90 Å². The van der Waals surface area contributed by atoms with Crippen molar-refractivity contribution in [2.75, 3.05) is 25.5 Å². The smallest absolute Gasteiger partial charge is 0.243 e. The van der Waals surface area contributed by atoms with Crippen molar-refractivity contribution in [1.29, 1.82) is 0 Å². The predicted octanol–water partition coefficient (Wildman–Crippen LogP) is 1.36. The van der Waals surface area contributed by atoms with E-state index in [1.807, 2.05) is 32.9 Å². The molecule has 3 N–H and O–H groups in total. The molecule has 0 aliphatic rings. The third-order valence-corrected chi connectivity index (χ3v) is 3.11. The number of anilines is 1. The van der Waals surface area contributed by atoms with Gasteiger partial charge in [0.2, 0.25) is 11.8 Å². The molecule has 0 aliphatic heterocycles. The summed E-state index contributed by atoms with van der Waals surface area (Å²) < 4.78 is 0. The van der Waals surface area contributed by atoms with E-state index in [1.54, 1.807) is 7.05 Å². The molecule has 20 heavy (non-hydrogen) atoms. The first-order valence-electron chi connectivity index (χ1n) is 6.67. The Balaban J connectivity index is 2.70. The number of amides is 2. The van der Waals surface area contributed by atoms with E-state index in [0.29, 0.717) is 6.54 Å². The molecule has 1 aromatic carbocycles. The standard InChI is InChI=1S/C15H23N3O2/c1-10-7-11(2)15(12(3)8-10)17-13(19)9-18(4)14(20)5-6-16/h7-8H,5-6,9,16H2,1-4H3,(H,17,19). The predicted molar refractivity (Wildman–Crippen MR) is 80.6 cm³/mol. The van der Waals surface area contributed by atoms with Gasteiger partial charge in [-0.05, 0) is 31.9 Å². The summed E-state index contributed by atoms with van der Waals surface area (Å²) in [5.74, 6) is -0.326. The molecule has 0 fully saturated rings. The lowest BCUT2D eigenvalue weighted by molar-refractivity contribution is -0.133. The molecule has 110 valence electrons. The fraction of sp³-hybridized carbons (Fsp3) is 0.467. The molecule has 0 saturated heterocycles. The molecule has 0 radical (unpaired) electrons. The first-order valence-corrected chi connectivity index (χ1v) is 6.67. The number of carbonyl (C=O) groups is 2. The molecule has 0 heterocycles. The van der Waals surface area contributed by atoms with E-state index in [-0.39, 0.29) is 24.8 Å². The van der Waals surface area contributed by atoms with E-state index in [0.717, 1.165) is 22.4 Å². The van der Waals surface area contributed by atoms with E-state index >= 15 is 0 Å². The van der Waals surface area contributed by atoms with Crippen molar-refractivity contribution >= 4 is 17.5 Å². The van der Waals surface area contributed by atoms with Gasteiger partial charge in [0, 0.05) is 25.7 Å². The van der Waals surface area contributed by atoms with Crippen LogP contribution in [0.5, 0.6) is 0 Å². The Morgan fingerprint density at radius 2 is 1.75 bits per heavy atom. The average molecular weight is 277 g/mol. The number of benzene rings is 1. The SMILES string of the molecule is Cc1cc(C)c(NC(=O)CN(C)C(=O)CCN)c(C)c1. The molecule has 0 atom stereocenters. The van der Waals surface area contributed by atoms with Crippen LogP contribution in [0.25, 0.3) is 0 Å². The topological polar surface area (TPSA) is 75.4 Å². The number of nitrogens with zero attached hydrogens (tertiary/aromatic N) is 1. The Kier molecular flexibility index (Phi) is 5.70. The molecular weight excluding hydrogens is 254 g/mol. The summed E-state index contributed by atoms with van der Waals surface area (Å²) in [6.45, 7) is 6.26. The molecule has 1 rings (SSSR count). The third kappa shape index (κ3) is 4.35. The van der Waals surface area contributed by atoms with Crippen molar-refractivity contribution in [3.63, 3.8) is 0 Å². The maximum atomic E-state index is 12.0. The Labute approximate surface area is 120 Å². The van der Waals surface area contributed by atoms with Crippen molar-refractivity contribution in [2.24, 2.45) is 5.73 Å². The monoisotopic (exact) mass is 277 g/mol. The van der Waals surface area contributed by atoms with Gasteiger partial charge in [-0.2, -0.15) is 0 Å². The number of hydrogen-bond acceptors (Lipinski definition) is 3. The molecule has 5 heteroatoms. The highest BCUT2D eigenvalue weighted by Gasteiger charge is 2.13. The van der Waals surface area contributed by atoms with Gasteiger partial charge in [-0.25, -0.2) is 0 Å². The van der Waals surface area contributed by atoms with Crippen LogP contribution in [-0.4, -0.2) is 36.9 Å². The maximum Gasteiger partial charge on any atom is 0.243 e. The minimum atomic E-state index is -0.201. The van der Waals surface area contributed by atoms with Gasteiger partial charge in [0.05, 0.1) is 6.54 Å². The fourth-order valence-corrected chi connectivity index (χ4v) is 2.17. The van der Waals surface area contributed by atoms with Crippen LogP contribution in [0.1, 0.15) is 23.1 Å². The number of nitrogens with one attached hydrogen (secondary N) is 1. The van der Waals surface area contributed by atoms with E-state index in [2.05, 4.69) is 5.32 Å². The number of carbonyl (C=O) groups excluding carboxylic acids is 2. The minimum Gasteiger partial charge on any atom is -0.336 e. The van der Waals surface area contributed by atoms with Gasteiger partial charge in [-0.3, -0.25) is 9.59 Å². The van der Waals surface area contributed by atoms with Crippen LogP contribution in [0.15, 0.2) is 12.1 Å². The quantitative estimate of drug-likeness (QED) is 0.853. The second-order valence-electron chi connectivity index (χ2n) is 5.11. The summed E-state index contributed by atoms with van der Waals surface area (Å²) in [6.07, 6.45) is 0.256. The zero-order valence-electron chi connectivity index (χ0n) is 12.6. The van der Waals surface area contributed by atoms with E-state index in [9.17, 15) is 9.59 Å². The molecule has 0 unspecified atom stereocenters. The van der Waals surface area contributed by atoms with Gasteiger partial charge in [-0.15, -0.1) is 0 Å². The van der Waals surface area contributed by atoms with Crippen LogP contribution in [0, 0.1) is 20.8 Å². The summed E-state index contributed by atoms with van der Waals surface area (Å²) in [5, 5.41) is 2.87. The molecule has 0 bridgehead atoms. The Morgan fingerprint density at radius 3 is 2.25 bits per heavy atom. The third-order valence-electron chi connectivity index (χ3n) is 3.11. The highest BCUT2D eigenvalue weighted by Crippen LogP contribution is 2.21. The first kappa shape index (κ1) is 16.2. The lowest BCUT2D eigenvalue weighted by Gasteiger charge is -2.18. The van der Waals surface area contributed by atoms with Crippen molar-refractivity contribution in [3.8, 4) is 0 Å². The Hall–Kier alpha value is -1.88. The molecule has 2 amide bonds. The Morgan fingerprint density at radius 1 is 1.20 bits per heavy atom. The lowest BCUT2D eigenvalue weighted by Crippen LogP contribution is -2.36. The number of rotatable bonds is 5. The molecule has 1 aromatic rings. The number of likely N-dealkylation sites (N-methyl/N-ethyl adjacent to an activating group) is 1. The van der Waals surface area contributed by atoms with Crippen LogP contribution >= 0.6 is 0 Å². The van der Waals surface area contributed by atoms with Crippen LogP contribution in [0.4, 0.5) is 5.69 Å². The lowest BCUT2D eigenvalue weighted by atomic mass is 10.1. The zero-order chi connectivity index (χ0) is 15.3. The summed E-state index contributed by atoms with van der Waals surface area (Å²) in [4.78, 5) is 25.0. The highest BCUT2D eigenvalue weighted by molar-refractivity contribution is 5.95. The van der Waals surface area contributed by atoms with Crippen LogP contribution in [0.3, 0.4) is 0 Å². The average Bonchev–Trinajstić information content (AvgIpc) is 2.34. The summed E-state index contributed by atoms with van der Waals surface area (Å²) in [6, 6.07) is 4.04. The van der Waals surface area contributed by atoms with Crippen LogP contribution in [0.2, 0.25) is 0 Å². The molecule has 0 saturated carbocycles. The van der Waals surface area contributed by atoms with Gasteiger partial charge < -0.3 is 16.0 Å². The summed E-state index contributed by atoms with van der Waals surface area (Å²) >= 11 is 0. The molecule has 0 aromatic heterocycles.